The molecule has 12 heteroatoms. The van der Waals surface area contributed by atoms with Gasteiger partial charge in [-0.15, -0.1) is 0 Å². The maximum atomic E-state index is 12.9. The van der Waals surface area contributed by atoms with Crippen molar-refractivity contribution in [1.82, 2.24) is 0 Å². The molecule has 0 rings (SSSR count). The Bertz CT molecular complexity index is 1540. The van der Waals surface area contributed by atoms with Gasteiger partial charge in [0.2, 0.25) is 0 Å². The molecule has 3 unspecified atom stereocenters. The van der Waals surface area contributed by atoms with Crippen molar-refractivity contribution in [1.29, 1.82) is 0 Å². The Morgan fingerprint density at radius 1 is 0.414 bits per heavy atom. The van der Waals surface area contributed by atoms with Crippen LogP contribution in [0.1, 0.15) is 213 Å². The first-order chi connectivity index (χ1) is 34.2. The first-order valence-corrected chi connectivity index (χ1v) is 28.6. The lowest BCUT2D eigenvalue weighted by Gasteiger charge is -2.21. The van der Waals surface area contributed by atoms with E-state index in [4.69, 9.17) is 23.3 Å². The lowest BCUT2D eigenvalue weighted by molar-refractivity contribution is -0.161. The number of carbonyl (C=O) groups is 3. The Kier molecular flexibility index (Phi) is 49.1. The highest BCUT2D eigenvalue weighted by Gasteiger charge is 2.28. The molecular weight excluding hydrogens is 904 g/mol. The van der Waals surface area contributed by atoms with Gasteiger partial charge in [-0.3, -0.25) is 23.4 Å². The maximum Gasteiger partial charge on any atom is 0.472 e. The summed E-state index contributed by atoms with van der Waals surface area (Å²) in [7, 11) is -4.76. The number of hydrogen-bond donors (Lipinski definition) is 2. The zero-order valence-corrected chi connectivity index (χ0v) is 44.8. The number of aliphatic hydroxyl groups is 1. The van der Waals surface area contributed by atoms with Gasteiger partial charge in [0.25, 0.3) is 0 Å². The molecule has 0 saturated carbocycles. The fourth-order valence-electron chi connectivity index (χ4n) is 6.93. The molecule has 0 heterocycles. The van der Waals surface area contributed by atoms with Crippen molar-refractivity contribution >= 4 is 25.7 Å². The number of ether oxygens (including phenoxy) is 3. The molecule has 0 aliphatic heterocycles. The smallest absolute Gasteiger partial charge is 0.462 e. The molecule has 11 nitrogen and oxygen atoms in total. The Hall–Kier alpha value is -3.60. The molecule has 0 amide bonds. The summed E-state index contributed by atoms with van der Waals surface area (Å²) in [5, 5.41) is 9.78. The zero-order chi connectivity index (χ0) is 51.3. The van der Waals surface area contributed by atoms with Crippen LogP contribution in [-0.2, 0) is 42.2 Å². The minimum absolute atomic E-state index is 0.118. The first kappa shape index (κ1) is 66.4. The zero-order valence-electron chi connectivity index (χ0n) is 43.9. The Balaban J connectivity index is 4.84. The minimum atomic E-state index is -4.76. The molecule has 0 spiro atoms. The van der Waals surface area contributed by atoms with Crippen molar-refractivity contribution < 1.29 is 52.2 Å². The molecule has 2 N–H and O–H groups in total. The molecule has 0 aromatic heterocycles. The number of aliphatic hydroxyl groups excluding tert-OH is 1. The van der Waals surface area contributed by atoms with Crippen molar-refractivity contribution in [3.63, 3.8) is 0 Å². The van der Waals surface area contributed by atoms with Gasteiger partial charge in [-0.05, 0) is 96.3 Å². The number of unbranched alkanes of at least 4 members (excludes halogenated alkanes) is 16. The summed E-state index contributed by atoms with van der Waals surface area (Å²) in [6, 6.07) is 0. The van der Waals surface area contributed by atoms with Gasteiger partial charge in [0.05, 0.1) is 19.8 Å². The molecule has 0 fully saturated rings. The molecule has 0 bridgehead atoms. The average molecular weight is 1000 g/mol. The Morgan fingerprint density at radius 2 is 0.743 bits per heavy atom. The highest BCUT2D eigenvalue weighted by atomic mass is 31.2. The number of allylic oxidation sites excluding steroid dienone is 16. The van der Waals surface area contributed by atoms with Crippen LogP contribution < -0.4 is 0 Å². The number of carbonyl (C=O) groups excluding carboxylic acids is 3. The van der Waals surface area contributed by atoms with Gasteiger partial charge in [0.15, 0.2) is 6.10 Å². The first-order valence-electron chi connectivity index (χ1n) is 27.1. The van der Waals surface area contributed by atoms with E-state index in [0.29, 0.717) is 19.3 Å². The van der Waals surface area contributed by atoms with Crippen molar-refractivity contribution in [2.24, 2.45) is 0 Å². The standard InChI is InChI=1S/C58H97O11P/c1-4-7-10-13-16-19-22-24-25-26-27-28-29-31-34-37-40-43-46-49-58(62)69-55(51-65-56(60)47-44-41-38-35-33-30-23-20-17-14-11-8-5-2)53-67-70(63,64)66-52-54(50-59)68-57(61)48-45-42-39-36-32-21-18-15-12-9-6-3/h7-8,10-11,16-17,19-20,24-25,27-28,30-31,33-34,54-55,59H,4-6,9,12-15,18,21-23,26,29,32,35-53H2,1-3H3,(H,63,64)/b10-7-,11-8-,19-16-,20-17-,25-24-,28-27-,33-30-,34-31-. The van der Waals surface area contributed by atoms with Crippen LogP contribution in [-0.4, -0.2) is 66.5 Å². The number of esters is 3. The van der Waals surface area contributed by atoms with E-state index in [1.165, 1.54) is 44.9 Å². The SMILES string of the molecule is CC/C=C\C/C=C\C/C=C\C/C=C\C/C=C\CCCCCC(=O)OC(COC(=O)CCCCC/C=C\C/C=C\C/C=C\CC)COP(=O)(O)OCC(CO)OC(=O)CCCCCCCCCCCCC. The highest BCUT2D eigenvalue weighted by molar-refractivity contribution is 7.47. The van der Waals surface area contributed by atoms with Crippen LogP contribution in [0.4, 0.5) is 0 Å². The molecule has 0 aromatic carbocycles. The quantitative estimate of drug-likeness (QED) is 0.0197. The molecule has 0 aliphatic carbocycles. The fraction of sp³-hybridized carbons (Fsp3) is 0.672. The summed E-state index contributed by atoms with van der Waals surface area (Å²) in [6.45, 7) is 4.32. The van der Waals surface area contributed by atoms with Gasteiger partial charge in [-0.25, -0.2) is 4.57 Å². The van der Waals surface area contributed by atoms with E-state index in [0.717, 1.165) is 109 Å². The summed E-state index contributed by atoms with van der Waals surface area (Å²) in [5.41, 5.74) is 0. The van der Waals surface area contributed by atoms with E-state index in [2.05, 4.69) is 118 Å². The number of phosphoric ester groups is 1. The normalized spacial score (nSPS) is 14.2. The number of hydrogen-bond acceptors (Lipinski definition) is 10. The van der Waals surface area contributed by atoms with E-state index in [-0.39, 0.29) is 25.9 Å². The molecule has 0 aromatic rings. The second-order valence-electron chi connectivity index (χ2n) is 17.6. The van der Waals surface area contributed by atoms with Crippen LogP contribution in [0.2, 0.25) is 0 Å². The topological polar surface area (TPSA) is 155 Å². The summed E-state index contributed by atoms with van der Waals surface area (Å²) in [5.74, 6) is -1.55. The van der Waals surface area contributed by atoms with Gasteiger partial charge in [-0.1, -0.05) is 195 Å². The van der Waals surface area contributed by atoms with Gasteiger partial charge in [-0.2, -0.15) is 0 Å². The van der Waals surface area contributed by atoms with Gasteiger partial charge in [0, 0.05) is 19.3 Å². The van der Waals surface area contributed by atoms with Crippen LogP contribution in [0.5, 0.6) is 0 Å². The largest absolute Gasteiger partial charge is 0.472 e. The second-order valence-corrected chi connectivity index (χ2v) is 19.1. The highest BCUT2D eigenvalue weighted by Crippen LogP contribution is 2.43. The van der Waals surface area contributed by atoms with E-state index in [1.807, 2.05) is 0 Å². The van der Waals surface area contributed by atoms with Crippen LogP contribution >= 0.6 is 7.82 Å². The predicted molar refractivity (Wildman–Crippen MR) is 288 cm³/mol. The molecule has 3 atom stereocenters. The maximum absolute atomic E-state index is 12.9. The molecule has 0 saturated heterocycles. The van der Waals surface area contributed by atoms with E-state index in [1.54, 1.807) is 0 Å². The van der Waals surface area contributed by atoms with E-state index in [9.17, 15) is 28.9 Å². The van der Waals surface area contributed by atoms with E-state index < -0.39 is 57.8 Å². The number of rotatable bonds is 49. The van der Waals surface area contributed by atoms with Crippen LogP contribution in [0.3, 0.4) is 0 Å². The molecule has 0 aliphatic rings. The second kappa shape index (κ2) is 51.7. The molecule has 400 valence electrons. The van der Waals surface area contributed by atoms with Crippen LogP contribution in [0.15, 0.2) is 97.2 Å². The minimum Gasteiger partial charge on any atom is -0.462 e. The lowest BCUT2D eigenvalue weighted by atomic mass is 10.1. The van der Waals surface area contributed by atoms with Crippen molar-refractivity contribution in [2.45, 2.75) is 226 Å². The summed E-state index contributed by atoms with van der Waals surface area (Å²) < 4.78 is 39.3. The van der Waals surface area contributed by atoms with Gasteiger partial charge in [0.1, 0.15) is 12.7 Å². The predicted octanol–water partition coefficient (Wildman–Crippen LogP) is 15.7. The number of phosphoric acid groups is 1. The van der Waals surface area contributed by atoms with Gasteiger partial charge < -0.3 is 24.2 Å². The van der Waals surface area contributed by atoms with Crippen molar-refractivity contribution in [3.05, 3.63) is 97.2 Å². The van der Waals surface area contributed by atoms with Crippen molar-refractivity contribution in [3.8, 4) is 0 Å². The molecule has 0 radical (unpaired) electrons. The van der Waals surface area contributed by atoms with Crippen LogP contribution in [0.25, 0.3) is 0 Å². The summed E-state index contributed by atoms with van der Waals surface area (Å²) in [6.07, 6.45) is 59.5. The summed E-state index contributed by atoms with van der Waals surface area (Å²) >= 11 is 0. The third kappa shape index (κ3) is 49.4. The third-order valence-corrected chi connectivity index (χ3v) is 12.0. The third-order valence-electron chi connectivity index (χ3n) is 11.0. The monoisotopic (exact) mass is 1000 g/mol. The van der Waals surface area contributed by atoms with E-state index >= 15 is 0 Å². The van der Waals surface area contributed by atoms with Crippen molar-refractivity contribution in [2.75, 3.05) is 26.4 Å². The Morgan fingerprint density at radius 3 is 1.14 bits per heavy atom. The lowest BCUT2D eigenvalue weighted by Crippen LogP contribution is -2.30. The molecular formula is C58H97O11P. The Labute approximate surface area is 425 Å². The fourth-order valence-corrected chi connectivity index (χ4v) is 7.71. The van der Waals surface area contributed by atoms with Crippen LogP contribution in [0, 0.1) is 0 Å². The molecule has 70 heavy (non-hydrogen) atoms. The summed E-state index contributed by atoms with van der Waals surface area (Å²) in [4.78, 5) is 48.4. The average Bonchev–Trinajstić information content (AvgIpc) is 3.35. The van der Waals surface area contributed by atoms with Gasteiger partial charge >= 0.3 is 25.7 Å².